The highest BCUT2D eigenvalue weighted by atomic mass is 16.5. The predicted octanol–water partition coefficient (Wildman–Crippen LogP) is 2.43. The van der Waals surface area contributed by atoms with E-state index in [0.717, 1.165) is 22.1 Å². The monoisotopic (exact) mass is 258 g/mol. The van der Waals surface area contributed by atoms with Crippen molar-refractivity contribution in [3.8, 4) is 5.75 Å². The van der Waals surface area contributed by atoms with E-state index in [9.17, 15) is 9.59 Å². The number of fused-ring (bicyclic) bond motifs is 1. The molecule has 0 heterocycles. The molecule has 0 aliphatic carbocycles. The van der Waals surface area contributed by atoms with Crippen molar-refractivity contribution < 1.29 is 19.4 Å². The number of methoxy groups -OCH3 is 1. The molecule has 0 aliphatic heterocycles. The number of carbonyl (C=O) groups is 2. The molecule has 0 aromatic heterocycles. The van der Waals surface area contributed by atoms with Gasteiger partial charge in [0.2, 0.25) is 0 Å². The maximum atomic E-state index is 11.5. The van der Waals surface area contributed by atoms with Crippen molar-refractivity contribution in [1.29, 1.82) is 0 Å². The second-order valence-electron chi connectivity index (χ2n) is 4.33. The van der Waals surface area contributed by atoms with Gasteiger partial charge < -0.3 is 9.84 Å². The molecule has 2 rings (SSSR count). The van der Waals surface area contributed by atoms with Crippen LogP contribution in [0.1, 0.15) is 12.0 Å². The second-order valence-corrected chi connectivity index (χ2v) is 4.33. The predicted molar refractivity (Wildman–Crippen MR) is 71.5 cm³/mol. The topological polar surface area (TPSA) is 63.6 Å². The van der Waals surface area contributed by atoms with Crippen LogP contribution in [0.25, 0.3) is 10.8 Å². The minimum atomic E-state index is -1.09. The number of aliphatic carboxylic acids is 1. The van der Waals surface area contributed by atoms with Gasteiger partial charge in [0, 0.05) is 6.42 Å². The van der Waals surface area contributed by atoms with Gasteiger partial charge in [-0.05, 0) is 28.5 Å². The summed E-state index contributed by atoms with van der Waals surface area (Å²) in [4.78, 5) is 21.9. The first-order chi connectivity index (χ1) is 9.08. The molecular formula is C15H14O4. The van der Waals surface area contributed by atoms with E-state index in [4.69, 9.17) is 9.84 Å². The summed E-state index contributed by atoms with van der Waals surface area (Å²) in [7, 11) is 1.61. The normalized spacial score (nSPS) is 10.4. The lowest BCUT2D eigenvalue weighted by Crippen LogP contribution is -2.09. The third-order valence-electron chi connectivity index (χ3n) is 2.86. The molecule has 0 spiro atoms. The minimum Gasteiger partial charge on any atom is -0.497 e. The zero-order valence-electron chi connectivity index (χ0n) is 10.6. The van der Waals surface area contributed by atoms with Gasteiger partial charge in [0.1, 0.15) is 18.0 Å². The number of Topliss-reactive ketones (excluding diaryl/α,β-unsaturated/α-hetero) is 1. The molecule has 0 radical (unpaired) electrons. The standard InChI is InChI=1S/C15H14O4/c1-19-14-5-4-11-6-10(2-3-12(11)8-14)7-13(16)9-15(17)18/h2-6,8H,7,9H2,1H3,(H,17,18). The van der Waals surface area contributed by atoms with Crippen molar-refractivity contribution in [1.82, 2.24) is 0 Å². The Morgan fingerprint density at radius 1 is 1.11 bits per heavy atom. The quantitative estimate of drug-likeness (QED) is 0.836. The summed E-state index contributed by atoms with van der Waals surface area (Å²) in [5.41, 5.74) is 0.823. The summed E-state index contributed by atoms with van der Waals surface area (Å²) in [6.07, 6.45) is -0.283. The van der Waals surface area contributed by atoms with Crippen LogP contribution in [0.2, 0.25) is 0 Å². The fourth-order valence-electron chi connectivity index (χ4n) is 1.97. The van der Waals surface area contributed by atoms with Crippen molar-refractivity contribution in [3.05, 3.63) is 42.0 Å². The number of hydrogen-bond acceptors (Lipinski definition) is 3. The summed E-state index contributed by atoms with van der Waals surface area (Å²) in [6.45, 7) is 0. The van der Waals surface area contributed by atoms with Crippen LogP contribution in [-0.2, 0) is 16.0 Å². The Kier molecular flexibility index (Phi) is 3.80. The van der Waals surface area contributed by atoms with Crippen molar-refractivity contribution in [2.45, 2.75) is 12.8 Å². The number of hydrogen-bond donors (Lipinski definition) is 1. The first-order valence-electron chi connectivity index (χ1n) is 5.88. The van der Waals surface area contributed by atoms with Gasteiger partial charge in [-0.25, -0.2) is 0 Å². The first kappa shape index (κ1) is 13.1. The van der Waals surface area contributed by atoms with E-state index in [-0.39, 0.29) is 12.2 Å². The molecule has 0 saturated heterocycles. The van der Waals surface area contributed by atoms with Crippen LogP contribution in [-0.4, -0.2) is 24.0 Å². The van der Waals surface area contributed by atoms with E-state index in [1.165, 1.54) is 0 Å². The summed E-state index contributed by atoms with van der Waals surface area (Å²) in [6, 6.07) is 11.3. The van der Waals surface area contributed by atoms with Crippen molar-refractivity contribution >= 4 is 22.5 Å². The molecule has 98 valence electrons. The molecular weight excluding hydrogens is 244 g/mol. The van der Waals surface area contributed by atoms with E-state index >= 15 is 0 Å². The van der Waals surface area contributed by atoms with Crippen LogP contribution in [0, 0.1) is 0 Å². The molecule has 2 aromatic rings. The van der Waals surface area contributed by atoms with Crippen molar-refractivity contribution in [2.24, 2.45) is 0 Å². The van der Waals surface area contributed by atoms with E-state index < -0.39 is 12.4 Å². The highest BCUT2D eigenvalue weighted by Crippen LogP contribution is 2.22. The molecule has 4 nitrogen and oxygen atoms in total. The van der Waals surface area contributed by atoms with E-state index in [0.29, 0.717) is 0 Å². The molecule has 2 aromatic carbocycles. The molecule has 0 bridgehead atoms. The Bertz CT molecular complexity index is 631. The highest BCUT2D eigenvalue weighted by molar-refractivity contribution is 5.96. The Morgan fingerprint density at radius 3 is 2.47 bits per heavy atom. The zero-order valence-corrected chi connectivity index (χ0v) is 10.6. The Balaban J connectivity index is 2.22. The number of rotatable bonds is 5. The average Bonchev–Trinajstić information content (AvgIpc) is 2.37. The summed E-state index contributed by atoms with van der Waals surface area (Å²) < 4.78 is 5.14. The Hall–Kier alpha value is -2.36. The maximum Gasteiger partial charge on any atom is 0.310 e. The summed E-state index contributed by atoms with van der Waals surface area (Å²) in [5, 5.41) is 10.6. The van der Waals surface area contributed by atoms with Gasteiger partial charge in [-0.1, -0.05) is 24.3 Å². The SMILES string of the molecule is COc1ccc2cc(CC(=O)CC(=O)O)ccc2c1. The van der Waals surface area contributed by atoms with Gasteiger partial charge in [0.05, 0.1) is 7.11 Å². The highest BCUT2D eigenvalue weighted by Gasteiger charge is 2.09. The zero-order chi connectivity index (χ0) is 13.8. The van der Waals surface area contributed by atoms with Gasteiger partial charge in [0.25, 0.3) is 0 Å². The largest absolute Gasteiger partial charge is 0.497 e. The number of carbonyl (C=O) groups excluding carboxylic acids is 1. The molecule has 0 aliphatic rings. The number of carboxylic acid groups (broad SMARTS) is 1. The van der Waals surface area contributed by atoms with Gasteiger partial charge in [-0.3, -0.25) is 9.59 Å². The third-order valence-corrected chi connectivity index (χ3v) is 2.86. The Morgan fingerprint density at radius 2 is 1.79 bits per heavy atom. The van der Waals surface area contributed by atoms with E-state index in [1.807, 2.05) is 36.4 Å². The van der Waals surface area contributed by atoms with Crippen LogP contribution >= 0.6 is 0 Å². The third kappa shape index (κ3) is 3.31. The number of benzene rings is 2. The molecule has 4 heteroatoms. The van der Waals surface area contributed by atoms with Gasteiger partial charge in [-0.15, -0.1) is 0 Å². The minimum absolute atomic E-state index is 0.147. The molecule has 0 fully saturated rings. The average molecular weight is 258 g/mol. The Labute approximate surface area is 110 Å². The fourth-order valence-corrected chi connectivity index (χ4v) is 1.97. The van der Waals surface area contributed by atoms with Gasteiger partial charge in [-0.2, -0.15) is 0 Å². The van der Waals surface area contributed by atoms with Crippen LogP contribution in [0.15, 0.2) is 36.4 Å². The second kappa shape index (κ2) is 5.52. The maximum absolute atomic E-state index is 11.5. The summed E-state index contributed by atoms with van der Waals surface area (Å²) >= 11 is 0. The van der Waals surface area contributed by atoms with Gasteiger partial charge in [0.15, 0.2) is 0 Å². The molecule has 0 saturated carbocycles. The smallest absolute Gasteiger partial charge is 0.310 e. The van der Waals surface area contributed by atoms with Crippen LogP contribution < -0.4 is 4.74 Å². The van der Waals surface area contributed by atoms with E-state index in [2.05, 4.69) is 0 Å². The molecule has 1 N–H and O–H groups in total. The first-order valence-corrected chi connectivity index (χ1v) is 5.88. The molecule has 19 heavy (non-hydrogen) atoms. The van der Waals surface area contributed by atoms with Crippen molar-refractivity contribution in [3.63, 3.8) is 0 Å². The number of ether oxygens (including phenoxy) is 1. The molecule has 0 amide bonds. The van der Waals surface area contributed by atoms with Crippen LogP contribution in [0.5, 0.6) is 5.75 Å². The lowest BCUT2D eigenvalue weighted by Gasteiger charge is -2.05. The molecule has 0 atom stereocenters. The van der Waals surface area contributed by atoms with Crippen molar-refractivity contribution in [2.75, 3.05) is 7.11 Å². The van der Waals surface area contributed by atoms with Gasteiger partial charge >= 0.3 is 5.97 Å². The lowest BCUT2D eigenvalue weighted by atomic mass is 10.0. The summed E-state index contributed by atoms with van der Waals surface area (Å²) in [5.74, 6) is -0.599. The number of carboxylic acids is 1. The fraction of sp³-hybridized carbons (Fsp3) is 0.200. The van der Waals surface area contributed by atoms with Crippen LogP contribution in [0.4, 0.5) is 0 Å². The van der Waals surface area contributed by atoms with Crippen LogP contribution in [0.3, 0.4) is 0 Å². The lowest BCUT2D eigenvalue weighted by molar-refractivity contribution is -0.140. The molecule has 0 unspecified atom stereocenters. The van der Waals surface area contributed by atoms with E-state index in [1.54, 1.807) is 7.11 Å². The number of ketones is 1.